The highest BCUT2D eigenvalue weighted by atomic mass is 16.1. The Labute approximate surface area is 181 Å². The van der Waals surface area contributed by atoms with E-state index in [-0.39, 0.29) is 5.91 Å². The minimum Gasteiger partial charge on any atom is -0.319 e. The molecule has 0 unspecified atom stereocenters. The lowest BCUT2D eigenvalue weighted by Gasteiger charge is -2.11. The minimum absolute atomic E-state index is 0.176. The van der Waals surface area contributed by atoms with Crippen molar-refractivity contribution in [2.75, 3.05) is 5.32 Å². The Hall–Kier alpha value is -3.98. The van der Waals surface area contributed by atoms with E-state index in [2.05, 4.69) is 21.5 Å². The van der Waals surface area contributed by atoms with Gasteiger partial charge >= 0.3 is 0 Å². The zero-order chi connectivity index (χ0) is 22.1. The molecule has 0 atom stereocenters. The summed E-state index contributed by atoms with van der Waals surface area (Å²) in [4.78, 5) is 17.8. The van der Waals surface area contributed by atoms with E-state index >= 15 is 0 Å². The normalized spacial score (nSPS) is 10.8. The molecule has 4 rings (SSSR count). The van der Waals surface area contributed by atoms with Crippen molar-refractivity contribution in [3.8, 4) is 6.07 Å². The van der Waals surface area contributed by atoms with Gasteiger partial charge in [0.15, 0.2) is 0 Å². The number of nitrogens with zero attached hydrogens (tertiary/aromatic N) is 4. The van der Waals surface area contributed by atoms with Gasteiger partial charge in [0.2, 0.25) is 0 Å². The van der Waals surface area contributed by atoms with E-state index in [1.54, 1.807) is 12.1 Å². The third-order valence-corrected chi connectivity index (χ3v) is 5.37. The fraction of sp³-hybridized carbons (Fsp3) is 0.200. The number of hydrogen-bond donors (Lipinski definition) is 1. The molecule has 4 aromatic rings. The maximum atomic E-state index is 13.2. The quantitative estimate of drug-likeness (QED) is 0.523. The van der Waals surface area contributed by atoms with Crippen molar-refractivity contribution in [3.05, 3.63) is 87.9 Å². The first-order valence-corrected chi connectivity index (χ1v) is 10.1. The number of fused-ring (bicyclic) bond motifs is 1. The van der Waals surface area contributed by atoms with Crippen LogP contribution in [0.5, 0.6) is 0 Å². The van der Waals surface area contributed by atoms with Crippen molar-refractivity contribution in [2.24, 2.45) is 0 Å². The number of hydrogen-bond acceptors (Lipinski definition) is 4. The highest BCUT2D eigenvalue weighted by Crippen LogP contribution is 2.25. The minimum atomic E-state index is -0.176. The molecule has 0 spiro atoms. The number of carbonyl (C=O) groups excluding carboxylic acids is 1. The smallest absolute Gasteiger partial charge is 0.256 e. The van der Waals surface area contributed by atoms with Crippen LogP contribution in [-0.2, 0) is 6.54 Å². The second-order valence-electron chi connectivity index (χ2n) is 7.80. The summed E-state index contributed by atoms with van der Waals surface area (Å²) < 4.78 is 1.87. The van der Waals surface area contributed by atoms with Crippen LogP contribution in [0, 0.1) is 39.0 Å². The van der Waals surface area contributed by atoms with E-state index in [0.717, 1.165) is 39.1 Å². The zero-order valence-corrected chi connectivity index (χ0v) is 18.0. The molecule has 1 N–H and O–H groups in total. The van der Waals surface area contributed by atoms with Gasteiger partial charge in [0.05, 0.1) is 46.3 Å². The number of carbonyl (C=O) groups is 1. The molecule has 0 saturated heterocycles. The number of amides is 1. The Balaban J connectivity index is 1.64. The van der Waals surface area contributed by atoms with E-state index in [4.69, 9.17) is 5.26 Å². The van der Waals surface area contributed by atoms with E-state index in [0.29, 0.717) is 23.4 Å². The van der Waals surface area contributed by atoms with E-state index < -0.39 is 0 Å². The third-order valence-electron chi connectivity index (χ3n) is 5.37. The Kier molecular flexibility index (Phi) is 5.26. The molecular formula is C25H23N5O. The van der Waals surface area contributed by atoms with Gasteiger partial charge in [0, 0.05) is 11.1 Å². The first kappa shape index (κ1) is 20.3. The second kappa shape index (κ2) is 8.04. The molecule has 2 aromatic carbocycles. The lowest BCUT2D eigenvalue weighted by Crippen LogP contribution is -2.14. The largest absolute Gasteiger partial charge is 0.319 e. The molecule has 0 fully saturated rings. The number of benzene rings is 2. The highest BCUT2D eigenvalue weighted by molar-refractivity contribution is 6.12. The van der Waals surface area contributed by atoms with Gasteiger partial charge in [-0.25, -0.2) is 0 Å². The van der Waals surface area contributed by atoms with Crippen LogP contribution in [-0.4, -0.2) is 20.7 Å². The molecule has 0 aliphatic heterocycles. The van der Waals surface area contributed by atoms with Crippen molar-refractivity contribution < 1.29 is 4.79 Å². The number of rotatable bonds is 4. The first-order valence-electron chi connectivity index (χ1n) is 10.1. The van der Waals surface area contributed by atoms with Gasteiger partial charge in [0.25, 0.3) is 5.91 Å². The Morgan fingerprint density at radius 3 is 2.52 bits per heavy atom. The molecule has 2 heterocycles. The number of pyridine rings is 1. The molecule has 31 heavy (non-hydrogen) atoms. The summed E-state index contributed by atoms with van der Waals surface area (Å²) >= 11 is 0. The summed E-state index contributed by atoms with van der Waals surface area (Å²) in [6, 6.07) is 17.3. The van der Waals surface area contributed by atoms with Gasteiger partial charge in [-0.1, -0.05) is 23.8 Å². The van der Waals surface area contributed by atoms with Crippen LogP contribution in [0.4, 0.5) is 5.69 Å². The molecule has 154 valence electrons. The third kappa shape index (κ3) is 4.03. The topological polar surface area (TPSA) is 83.6 Å². The van der Waals surface area contributed by atoms with E-state index in [1.807, 2.05) is 68.8 Å². The highest BCUT2D eigenvalue weighted by Gasteiger charge is 2.18. The molecule has 0 radical (unpaired) electrons. The van der Waals surface area contributed by atoms with Crippen LogP contribution >= 0.6 is 0 Å². The number of nitriles is 1. The van der Waals surface area contributed by atoms with Crippen molar-refractivity contribution in [2.45, 2.75) is 34.2 Å². The van der Waals surface area contributed by atoms with Gasteiger partial charge in [0.1, 0.15) is 0 Å². The zero-order valence-electron chi connectivity index (χ0n) is 18.0. The summed E-state index contributed by atoms with van der Waals surface area (Å²) in [6.07, 6.45) is 0. The lowest BCUT2D eigenvalue weighted by atomic mass is 10.0. The summed E-state index contributed by atoms with van der Waals surface area (Å²) in [5, 5.41) is 17.5. The number of nitrogens with one attached hydrogen (secondary N) is 1. The van der Waals surface area contributed by atoms with Crippen LogP contribution in [0.2, 0.25) is 0 Å². The predicted octanol–water partition coefficient (Wildman–Crippen LogP) is 4.84. The van der Waals surface area contributed by atoms with Gasteiger partial charge < -0.3 is 5.32 Å². The van der Waals surface area contributed by atoms with Crippen molar-refractivity contribution in [3.63, 3.8) is 0 Å². The molecule has 2 aromatic heterocycles. The van der Waals surface area contributed by atoms with Gasteiger partial charge in [-0.05, 0) is 63.6 Å². The summed E-state index contributed by atoms with van der Waals surface area (Å²) in [5.74, 6) is -0.176. The lowest BCUT2D eigenvalue weighted by molar-refractivity contribution is 0.102. The SMILES string of the molecule is Cc1ccc2nc(C)cc(C(=O)Nc3c(C)nn(Cc4ccc(C#N)cc4)c3C)c2c1. The molecule has 0 aliphatic rings. The molecule has 6 heteroatoms. The second-order valence-corrected chi connectivity index (χ2v) is 7.80. The van der Waals surface area contributed by atoms with Crippen LogP contribution in [0.3, 0.4) is 0 Å². The summed E-state index contributed by atoms with van der Waals surface area (Å²) in [5.41, 5.74) is 7.29. The van der Waals surface area contributed by atoms with E-state index in [9.17, 15) is 4.79 Å². The fourth-order valence-electron chi connectivity index (χ4n) is 3.73. The maximum Gasteiger partial charge on any atom is 0.256 e. The van der Waals surface area contributed by atoms with Crippen LogP contribution in [0.25, 0.3) is 10.9 Å². The Bertz CT molecular complexity index is 1340. The molecule has 6 nitrogen and oxygen atoms in total. The molecule has 0 bridgehead atoms. The van der Waals surface area contributed by atoms with Crippen molar-refractivity contribution >= 4 is 22.5 Å². The standard InChI is InChI=1S/C25H23N5O/c1-15-5-10-23-21(11-15)22(12-16(2)27-23)25(31)28-24-17(3)29-30(18(24)4)14-20-8-6-19(13-26)7-9-20/h5-12H,14H2,1-4H3,(H,28,31). The van der Waals surface area contributed by atoms with Crippen molar-refractivity contribution in [1.82, 2.24) is 14.8 Å². The van der Waals surface area contributed by atoms with Gasteiger partial charge in [-0.15, -0.1) is 0 Å². The molecule has 1 amide bonds. The van der Waals surface area contributed by atoms with Crippen LogP contribution in [0.1, 0.15) is 44.1 Å². The van der Waals surface area contributed by atoms with Crippen LogP contribution < -0.4 is 5.32 Å². The number of aromatic nitrogens is 3. The Morgan fingerprint density at radius 1 is 1.06 bits per heavy atom. The summed E-state index contributed by atoms with van der Waals surface area (Å²) in [6.45, 7) is 8.28. The predicted molar refractivity (Wildman–Crippen MR) is 121 cm³/mol. The molecule has 0 saturated carbocycles. The Morgan fingerprint density at radius 2 is 1.81 bits per heavy atom. The van der Waals surface area contributed by atoms with Crippen LogP contribution in [0.15, 0.2) is 48.5 Å². The van der Waals surface area contributed by atoms with E-state index in [1.165, 1.54) is 0 Å². The average molecular weight is 409 g/mol. The van der Waals surface area contributed by atoms with Crippen molar-refractivity contribution in [1.29, 1.82) is 5.26 Å². The molecular weight excluding hydrogens is 386 g/mol. The monoisotopic (exact) mass is 409 g/mol. The number of anilines is 1. The number of aryl methyl sites for hydroxylation is 3. The van der Waals surface area contributed by atoms with Gasteiger partial charge in [-0.3, -0.25) is 14.5 Å². The average Bonchev–Trinajstić information content (AvgIpc) is 3.01. The van der Waals surface area contributed by atoms with Gasteiger partial charge in [-0.2, -0.15) is 10.4 Å². The summed E-state index contributed by atoms with van der Waals surface area (Å²) in [7, 11) is 0. The first-order chi connectivity index (χ1) is 14.9. The fourth-order valence-corrected chi connectivity index (χ4v) is 3.73. The maximum absolute atomic E-state index is 13.2. The molecule has 0 aliphatic carbocycles.